The summed E-state index contributed by atoms with van der Waals surface area (Å²) < 4.78 is 10.3. The fourth-order valence-corrected chi connectivity index (χ4v) is 4.50. The number of carbonyl (C=O) groups is 2. The number of nitriles is 1. The molecule has 0 unspecified atom stereocenters. The first-order valence-corrected chi connectivity index (χ1v) is 11.7. The molecule has 0 spiro atoms. The lowest BCUT2D eigenvalue weighted by Crippen LogP contribution is -2.16. The smallest absolute Gasteiger partial charge is 0.313 e. The van der Waals surface area contributed by atoms with Crippen LogP contribution in [0.15, 0.2) is 52.9 Å². The van der Waals surface area contributed by atoms with E-state index in [2.05, 4.69) is 11.1 Å². The third kappa shape index (κ3) is 5.96. The Morgan fingerprint density at radius 2 is 1.97 bits per heavy atom. The number of nitrogens with zero attached hydrogens (tertiary/aromatic N) is 2. The van der Waals surface area contributed by atoms with E-state index < -0.39 is 5.97 Å². The number of pyridine rings is 1. The maximum absolute atomic E-state index is 12.3. The van der Waals surface area contributed by atoms with Gasteiger partial charge in [-0.15, -0.1) is 11.3 Å². The molecule has 32 heavy (non-hydrogen) atoms. The number of rotatable bonds is 9. The molecule has 8 heteroatoms. The number of Topliss-reactive ketones (excluding diaryl/α,β-unsaturated/α-hetero) is 1. The van der Waals surface area contributed by atoms with Gasteiger partial charge in [-0.2, -0.15) is 5.26 Å². The van der Waals surface area contributed by atoms with E-state index in [4.69, 9.17) is 9.47 Å². The molecular formula is C24H22N2O4S2. The summed E-state index contributed by atoms with van der Waals surface area (Å²) in [5.74, 6) is -0.0948. The first kappa shape index (κ1) is 23.5. The zero-order valence-corrected chi connectivity index (χ0v) is 19.6. The first-order valence-electron chi connectivity index (χ1n) is 9.88. The summed E-state index contributed by atoms with van der Waals surface area (Å²) in [7, 11) is 1.60. The molecule has 0 aliphatic heterocycles. The van der Waals surface area contributed by atoms with E-state index >= 15 is 0 Å². The van der Waals surface area contributed by atoms with Gasteiger partial charge in [0, 0.05) is 5.56 Å². The lowest BCUT2D eigenvalue weighted by Gasteiger charge is -2.12. The Morgan fingerprint density at radius 3 is 2.56 bits per heavy atom. The third-order valence-electron chi connectivity index (χ3n) is 4.35. The summed E-state index contributed by atoms with van der Waals surface area (Å²) >= 11 is 2.70. The Balaban J connectivity index is 1.93. The molecule has 3 aromatic rings. The van der Waals surface area contributed by atoms with Gasteiger partial charge < -0.3 is 9.47 Å². The van der Waals surface area contributed by atoms with Crippen molar-refractivity contribution < 1.29 is 19.1 Å². The molecule has 0 aliphatic rings. The zero-order chi connectivity index (χ0) is 23.1. The van der Waals surface area contributed by atoms with Crippen LogP contribution in [0.2, 0.25) is 0 Å². The lowest BCUT2D eigenvalue weighted by atomic mass is 10.0. The van der Waals surface area contributed by atoms with Crippen LogP contribution in [0.5, 0.6) is 5.75 Å². The number of benzene rings is 1. The third-order valence-corrected chi connectivity index (χ3v) is 6.28. The number of hydrogen-bond donors (Lipinski definition) is 0. The van der Waals surface area contributed by atoms with Gasteiger partial charge in [0.2, 0.25) is 0 Å². The van der Waals surface area contributed by atoms with Gasteiger partial charge >= 0.3 is 5.97 Å². The summed E-state index contributed by atoms with van der Waals surface area (Å²) in [4.78, 5) is 29.7. The molecule has 3 rings (SSSR count). The van der Waals surface area contributed by atoms with Crippen LogP contribution in [0.3, 0.4) is 0 Å². The van der Waals surface area contributed by atoms with E-state index in [0.717, 1.165) is 33.5 Å². The van der Waals surface area contributed by atoms with Crippen LogP contribution in [0.4, 0.5) is 0 Å². The van der Waals surface area contributed by atoms with Crippen molar-refractivity contribution in [1.29, 1.82) is 5.26 Å². The van der Waals surface area contributed by atoms with Crippen LogP contribution in [0.25, 0.3) is 21.7 Å². The van der Waals surface area contributed by atoms with Gasteiger partial charge in [-0.05, 0) is 49.1 Å². The average Bonchev–Trinajstić information content (AvgIpc) is 3.31. The topological polar surface area (TPSA) is 89.3 Å². The number of thiophene rings is 1. The van der Waals surface area contributed by atoms with Gasteiger partial charge in [0.1, 0.15) is 23.3 Å². The largest absolute Gasteiger partial charge is 0.497 e. The molecule has 0 aliphatic carbocycles. The van der Waals surface area contributed by atoms with Crippen molar-refractivity contribution in [3.63, 3.8) is 0 Å². The molecular weight excluding hydrogens is 444 g/mol. The molecule has 0 N–H and O–H groups in total. The highest BCUT2D eigenvalue weighted by molar-refractivity contribution is 8.00. The van der Waals surface area contributed by atoms with Crippen LogP contribution in [0.1, 0.15) is 25.8 Å². The first-order chi connectivity index (χ1) is 15.4. The Kier molecular flexibility index (Phi) is 8.03. The average molecular weight is 467 g/mol. The SMILES string of the molecule is COc1ccc(-c2cc(-c3cccs3)nc(SCC(=O)CC(=O)OC(C)C)c2C#N)cc1. The Bertz CT molecular complexity index is 1130. The number of methoxy groups -OCH3 is 1. The highest BCUT2D eigenvalue weighted by Crippen LogP contribution is 2.36. The maximum Gasteiger partial charge on any atom is 0.313 e. The van der Waals surface area contributed by atoms with Crippen LogP contribution < -0.4 is 4.74 Å². The number of esters is 1. The van der Waals surface area contributed by atoms with E-state index in [1.54, 1.807) is 32.3 Å². The van der Waals surface area contributed by atoms with E-state index in [9.17, 15) is 14.9 Å². The molecule has 0 bridgehead atoms. The molecule has 6 nitrogen and oxygen atoms in total. The highest BCUT2D eigenvalue weighted by atomic mass is 32.2. The number of ketones is 1. The zero-order valence-electron chi connectivity index (χ0n) is 18.0. The van der Waals surface area contributed by atoms with Crippen molar-refractivity contribution in [3.05, 3.63) is 53.4 Å². The van der Waals surface area contributed by atoms with Crippen molar-refractivity contribution >= 4 is 34.9 Å². The van der Waals surface area contributed by atoms with Crippen LogP contribution in [-0.2, 0) is 14.3 Å². The summed E-state index contributed by atoms with van der Waals surface area (Å²) in [6.45, 7) is 3.47. The Morgan fingerprint density at radius 1 is 1.22 bits per heavy atom. The molecule has 2 heterocycles. The second kappa shape index (κ2) is 10.9. The van der Waals surface area contributed by atoms with Crippen molar-refractivity contribution in [2.24, 2.45) is 0 Å². The van der Waals surface area contributed by atoms with E-state index in [1.807, 2.05) is 47.8 Å². The number of aromatic nitrogens is 1. The summed E-state index contributed by atoms with van der Waals surface area (Å²) in [6.07, 6.45) is -0.576. The normalized spacial score (nSPS) is 10.6. The van der Waals surface area contributed by atoms with Crippen molar-refractivity contribution in [3.8, 4) is 33.5 Å². The van der Waals surface area contributed by atoms with E-state index in [-0.39, 0.29) is 24.1 Å². The van der Waals surface area contributed by atoms with Crippen LogP contribution >= 0.6 is 23.1 Å². The molecule has 1 aromatic carbocycles. The van der Waals surface area contributed by atoms with Gasteiger partial charge in [0.25, 0.3) is 0 Å². The minimum absolute atomic E-state index is 0.0187. The van der Waals surface area contributed by atoms with Gasteiger partial charge in [-0.25, -0.2) is 4.98 Å². The summed E-state index contributed by atoms with van der Waals surface area (Å²) in [6, 6.07) is 15.4. The maximum atomic E-state index is 12.3. The molecule has 164 valence electrons. The molecule has 0 radical (unpaired) electrons. The minimum Gasteiger partial charge on any atom is -0.497 e. The number of carbonyl (C=O) groups excluding carboxylic acids is 2. The predicted octanol–water partition coefficient (Wildman–Crippen LogP) is 5.36. The summed E-state index contributed by atoms with van der Waals surface area (Å²) in [5, 5.41) is 12.3. The molecule has 0 atom stereocenters. The molecule has 0 saturated carbocycles. The Labute approximate surface area is 195 Å². The molecule has 0 saturated heterocycles. The highest BCUT2D eigenvalue weighted by Gasteiger charge is 2.19. The van der Waals surface area contributed by atoms with E-state index in [1.165, 1.54) is 0 Å². The van der Waals surface area contributed by atoms with Gasteiger partial charge in [0.05, 0.1) is 35.1 Å². The monoisotopic (exact) mass is 466 g/mol. The quantitative estimate of drug-likeness (QED) is 0.238. The van der Waals surface area contributed by atoms with Crippen molar-refractivity contribution in [1.82, 2.24) is 4.98 Å². The van der Waals surface area contributed by atoms with Crippen LogP contribution in [-0.4, -0.2) is 35.7 Å². The van der Waals surface area contributed by atoms with E-state index in [0.29, 0.717) is 16.3 Å². The minimum atomic E-state index is -0.551. The fourth-order valence-electron chi connectivity index (χ4n) is 2.95. The van der Waals surface area contributed by atoms with Crippen molar-refractivity contribution in [2.75, 3.05) is 12.9 Å². The molecule has 2 aromatic heterocycles. The number of hydrogen-bond acceptors (Lipinski definition) is 8. The van der Waals surface area contributed by atoms with Crippen molar-refractivity contribution in [2.45, 2.75) is 31.4 Å². The number of ether oxygens (including phenoxy) is 2. The molecule has 0 fully saturated rings. The standard InChI is InChI=1S/C24H22N2O4S2/c1-15(2)30-23(28)11-17(27)14-32-24-20(13-25)19(16-6-8-18(29-3)9-7-16)12-21(26-24)22-5-4-10-31-22/h4-10,12,15H,11,14H2,1-3H3. The van der Waals surface area contributed by atoms with Crippen LogP contribution in [0, 0.1) is 11.3 Å². The molecule has 0 amide bonds. The fraction of sp³-hybridized carbons (Fsp3) is 0.250. The predicted molar refractivity (Wildman–Crippen MR) is 126 cm³/mol. The number of thioether (sulfide) groups is 1. The van der Waals surface area contributed by atoms with Gasteiger partial charge in [-0.1, -0.05) is 30.0 Å². The van der Waals surface area contributed by atoms with Gasteiger partial charge in [0.15, 0.2) is 5.78 Å². The second-order valence-electron chi connectivity index (χ2n) is 7.10. The lowest BCUT2D eigenvalue weighted by molar-refractivity contribution is -0.149. The van der Waals surface area contributed by atoms with Gasteiger partial charge in [-0.3, -0.25) is 9.59 Å². The second-order valence-corrected chi connectivity index (χ2v) is 9.01. The Hall–Kier alpha value is -3.15. The summed E-state index contributed by atoms with van der Waals surface area (Å²) in [5.41, 5.74) is 2.68.